The molecular weight excluding hydrogens is 289 g/mol. The molecule has 110 valence electrons. The van der Waals surface area contributed by atoms with Crippen LogP contribution in [0.3, 0.4) is 0 Å². The van der Waals surface area contributed by atoms with Crippen molar-refractivity contribution in [1.29, 1.82) is 0 Å². The van der Waals surface area contributed by atoms with E-state index >= 15 is 0 Å². The summed E-state index contributed by atoms with van der Waals surface area (Å²) in [6.07, 6.45) is 1.79. The summed E-state index contributed by atoms with van der Waals surface area (Å²) >= 11 is 0. The summed E-state index contributed by atoms with van der Waals surface area (Å²) in [5.41, 5.74) is 5.17. The van der Waals surface area contributed by atoms with Crippen LogP contribution in [0.4, 0.5) is 0 Å². The van der Waals surface area contributed by atoms with Gasteiger partial charge in [-0.3, -0.25) is 0 Å². The zero-order valence-corrected chi connectivity index (χ0v) is 13.5. The first-order valence-corrected chi connectivity index (χ1v) is 7.60. The Labute approximate surface area is 153 Å². The number of aromatic nitrogens is 1. The van der Waals surface area contributed by atoms with Gasteiger partial charge in [0, 0.05) is 6.07 Å². The Balaban J connectivity index is 0.00000169. The zero-order valence-electron chi connectivity index (χ0n) is 13.5. The number of rotatable bonds is 2. The first kappa shape index (κ1) is 16.3. The minimum absolute atomic E-state index is 0. The molecule has 3 heteroatoms. The predicted octanol–water partition coefficient (Wildman–Crippen LogP) is 1.07. The fraction of sp³-hybridized carbons (Fsp3) is 0. The van der Waals surface area contributed by atoms with E-state index < -0.39 is 0 Å². The van der Waals surface area contributed by atoms with Gasteiger partial charge in [0.05, 0.1) is 5.39 Å². The van der Waals surface area contributed by atoms with Crippen LogP contribution in [0.15, 0.2) is 85.1 Å². The molecule has 0 bridgehead atoms. The van der Waals surface area contributed by atoms with E-state index in [2.05, 4.69) is 29.2 Å². The molecule has 4 rings (SSSR count). The molecule has 0 amide bonds. The van der Waals surface area contributed by atoms with E-state index in [1.807, 2.05) is 48.5 Å². The summed E-state index contributed by atoms with van der Waals surface area (Å²) in [6.45, 7) is 0. The molecule has 0 atom stereocenters. The van der Waals surface area contributed by atoms with Gasteiger partial charge in [0.1, 0.15) is 0 Å². The molecule has 2 nitrogen and oxygen atoms in total. The molecule has 0 unspecified atom stereocenters. The van der Waals surface area contributed by atoms with Gasteiger partial charge >= 0.3 is 18.9 Å². The molecule has 1 aromatic heterocycles. The van der Waals surface area contributed by atoms with E-state index in [4.69, 9.17) is 0 Å². The van der Waals surface area contributed by atoms with Gasteiger partial charge in [-0.25, -0.2) is 4.98 Å². The number of hydrogen-bond acceptors (Lipinski definition) is 1. The second-order valence-corrected chi connectivity index (χ2v) is 5.48. The monoisotopic (exact) mass is 304 g/mol. The van der Waals surface area contributed by atoms with Crippen LogP contribution in [0.1, 0.15) is 0 Å². The van der Waals surface area contributed by atoms with Gasteiger partial charge in [-0.1, -0.05) is 66.7 Å². The molecule has 0 aliphatic carbocycles. The first-order chi connectivity index (χ1) is 11.3. The average Bonchev–Trinajstić information content (AvgIpc) is 2.63. The van der Waals surface area contributed by atoms with Gasteiger partial charge in [0.25, 0.3) is 0 Å². The van der Waals surface area contributed by atoms with E-state index in [1.54, 1.807) is 12.3 Å². The maximum atomic E-state index is 12.1. The van der Waals surface area contributed by atoms with Crippen LogP contribution in [0.5, 0.6) is 5.75 Å². The molecule has 24 heavy (non-hydrogen) atoms. The molecule has 3 aromatic carbocycles. The Morgan fingerprint density at radius 2 is 1.33 bits per heavy atom. The summed E-state index contributed by atoms with van der Waals surface area (Å²) in [4.78, 5) is 3.08. The number of H-pyrrole nitrogens is 1. The maximum Gasteiger partial charge on any atom is 1.00 e. The Kier molecular flexibility index (Phi) is 4.71. The molecule has 0 saturated heterocycles. The van der Waals surface area contributed by atoms with Crippen LogP contribution in [0.25, 0.3) is 33.2 Å². The standard InChI is InChI=1S/C21H15NO.Li/c23-20-13-12-18(19-11-6-14-22-21(19)20)17-10-5-4-9-16(17)15-7-2-1-3-8-15;/h1-14,23H;/q;+1. The van der Waals surface area contributed by atoms with Gasteiger partial charge in [0.15, 0.2) is 6.20 Å². The van der Waals surface area contributed by atoms with Gasteiger partial charge in [0.2, 0.25) is 5.52 Å². The SMILES string of the molecule is [Li+].[O-]c1ccc(-c2ccccc2-c2ccccc2)c2ccc[nH+]c12. The summed E-state index contributed by atoms with van der Waals surface area (Å²) in [5, 5.41) is 13.0. The summed E-state index contributed by atoms with van der Waals surface area (Å²) < 4.78 is 0. The second kappa shape index (κ2) is 6.93. The minimum Gasteiger partial charge on any atom is -0.868 e. The molecule has 0 fully saturated rings. The number of nitrogens with one attached hydrogen (secondary N) is 1. The number of hydrogen-bond donors (Lipinski definition) is 0. The third-order valence-corrected chi connectivity index (χ3v) is 4.10. The van der Waals surface area contributed by atoms with Crippen molar-refractivity contribution in [2.24, 2.45) is 0 Å². The Morgan fingerprint density at radius 3 is 2.12 bits per heavy atom. The van der Waals surface area contributed by atoms with Crippen LogP contribution >= 0.6 is 0 Å². The topological polar surface area (TPSA) is 37.2 Å². The van der Waals surface area contributed by atoms with Crippen LogP contribution in [-0.4, -0.2) is 0 Å². The zero-order chi connectivity index (χ0) is 15.6. The van der Waals surface area contributed by atoms with E-state index in [1.165, 1.54) is 5.56 Å². The molecule has 1 heterocycles. The summed E-state index contributed by atoms with van der Waals surface area (Å²) in [7, 11) is 0. The minimum atomic E-state index is 0. The molecule has 4 aromatic rings. The Bertz CT molecular complexity index is 983. The fourth-order valence-corrected chi connectivity index (χ4v) is 3.02. The fourth-order valence-electron chi connectivity index (χ4n) is 3.02. The van der Waals surface area contributed by atoms with Crippen LogP contribution in [0, 0.1) is 0 Å². The van der Waals surface area contributed by atoms with Crippen molar-refractivity contribution in [3.8, 4) is 28.0 Å². The quantitative estimate of drug-likeness (QED) is 0.510. The largest absolute Gasteiger partial charge is 1.00 e. The third-order valence-electron chi connectivity index (χ3n) is 4.10. The number of aromatic amines is 1. The van der Waals surface area contributed by atoms with Crippen molar-refractivity contribution in [3.05, 3.63) is 85.1 Å². The van der Waals surface area contributed by atoms with Crippen molar-refractivity contribution in [2.45, 2.75) is 0 Å². The smallest absolute Gasteiger partial charge is 0.868 e. The van der Waals surface area contributed by atoms with Crippen LogP contribution in [0.2, 0.25) is 0 Å². The van der Waals surface area contributed by atoms with Crippen molar-refractivity contribution in [3.63, 3.8) is 0 Å². The first-order valence-electron chi connectivity index (χ1n) is 7.60. The molecule has 0 saturated carbocycles. The molecule has 1 N–H and O–H groups in total. The van der Waals surface area contributed by atoms with E-state index in [0.717, 1.165) is 22.1 Å². The molecule has 0 radical (unpaired) electrons. The van der Waals surface area contributed by atoms with Gasteiger partial charge in [-0.05, 0) is 34.1 Å². The summed E-state index contributed by atoms with van der Waals surface area (Å²) in [6, 6.07) is 26.1. The molecule has 0 aliphatic heterocycles. The van der Waals surface area contributed by atoms with Gasteiger partial charge in [-0.2, -0.15) is 0 Å². The average molecular weight is 304 g/mol. The summed E-state index contributed by atoms with van der Waals surface area (Å²) in [5.74, 6) is 0.0153. The third kappa shape index (κ3) is 2.83. The van der Waals surface area contributed by atoms with Crippen molar-refractivity contribution in [2.75, 3.05) is 0 Å². The Hall–Kier alpha value is -2.53. The number of pyridine rings is 1. The van der Waals surface area contributed by atoms with Crippen molar-refractivity contribution >= 4 is 10.9 Å². The van der Waals surface area contributed by atoms with E-state index in [-0.39, 0.29) is 24.6 Å². The number of fused-ring (bicyclic) bond motifs is 1. The number of benzene rings is 3. The van der Waals surface area contributed by atoms with E-state index in [9.17, 15) is 5.11 Å². The van der Waals surface area contributed by atoms with Crippen LogP contribution in [-0.2, 0) is 0 Å². The van der Waals surface area contributed by atoms with Gasteiger partial charge in [-0.15, -0.1) is 0 Å². The normalized spacial score (nSPS) is 10.3. The van der Waals surface area contributed by atoms with Crippen molar-refractivity contribution in [1.82, 2.24) is 0 Å². The predicted molar refractivity (Wildman–Crippen MR) is 90.8 cm³/mol. The Morgan fingerprint density at radius 1 is 0.625 bits per heavy atom. The van der Waals surface area contributed by atoms with Gasteiger partial charge < -0.3 is 5.11 Å². The molecule has 0 aliphatic rings. The van der Waals surface area contributed by atoms with Crippen molar-refractivity contribution < 1.29 is 29.0 Å². The van der Waals surface area contributed by atoms with E-state index in [0.29, 0.717) is 5.52 Å². The molecular formula is C21H15LiNO+. The van der Waals surface area contributed by atoms with Crippen LogP contribution < -0.4 is 29.0 Å². The second-order valence-electron chi connectivity index (χ2n) is 5.48. The maximum absolute atomic E-state index is 12.1. The molecule has 0 spiro atoms.